The molecule has 1 unspecified atom stereocenters. The number of hydrogen-bond acceptors (Lipinski definition) is 1. The van der Waals surface area contributed by atoms with Crippen LogP contribution in [0.2, 0.25) is 0 Å². The molecule has 1 fully saturated rings. The van der Waals surface area contributed by atoms with Gasteiger partial charge in [0, 0.05) is 12.8 Å². The van der Waals surface area contributed by atoms with Crippen LogP contribution in [0.3, 0.4) is 0 Å². The van der Waals surface area contributed by atoms with Gasteiger partial charge in [0.15, 0.2) is 0 Å². The molecule has 1 heterocycles. The van der Waals surface area contributed by atoms with Gasteiger partial charge in [0.2, 0.25) is 0 Å². The molecule has 0 N–H and O–H groups in total. The van der Waals surface area contributed by atoms with Crippen molar-refractivity contribution in [2.45, 2.75) is 32.2 Å². The SMILES string of the molecule is CC[C@H]1CCC[N+]1(C)CCOc1ccccc1. The summed E-state index contributed by atoms with van der Waals surface area (Å²) in [4.78, 5) is 0. The number of quaternary nitrogens is 1. The van der Waals surface area contributed by atoms with E-state index >= 15 is 0 Å². The monoisotopic (exact) mass is 234 g/mol. The van der Waals surface area contributed by atoms with Gasteiger partial charge in [0.05, 0.1) is 19.6 Å². The molecule has 94 valence electrons. The molecule has 0 spiro atoms. The number of rotatable bonds is 5. The van der Waals surface area contributed by atoms with Crippen LogP contribution in [-0.4, -0.2) is 37.3 Å². The largest absolute Gasteiger partial charge is 0.488 e. The predicted octanol–water partition coefficient (Wildman–Crippen LogP) is 3.08. The lowest BCUT2D eigenvalue weighted by Crippen LogP contribution is -2.50. The second kappa shape index (κ2) is 5.54. The zero-order valence-electron chi connectivity index (χ0n) is 11.1. The molecular formula is C15H24NO+. The van der Waals surface area contributed by atoms with Crippen LogP contribution in [-0.2, 0) is 0 Å². The minimum atomic E-state index is 0.830. The normalized spacial score (nSPS) is 28.2. The van der Waals surface area contributed by atoms with Crippen molar-refractivity contribution < 1.29 is 9.22 Å². The molecular weight excluding hydrogens is 210 g/mol. The topological polar surface area (TPSA) is 9.23 Å². The van der Waals surface area contributed by atoms with Crippen LogP contribution in [0.25, 0.3) is 0 Å². The molecule has 1 aromatic rings. The molecule has 0 radical (unpaired) electrons. The first-order chi connectivity index (χ1) is 8.24. The van der Waals surface area contributed by atoms with Gasteiger partial charge in [-0.3, -0.25) is 0 Å². The molecule has 0 aliphatic carbocycles. The summed E-state index contributed by atoms with van der Waals surface area (Å²) >= 11 is 0. The van der Waals surface area contributed by atoms with Crippen molar-refractivity contribution in [3.05, 3.63) is 30.3 Å². The van der Waals surface area contributed by atoms with E-state index in [1.165, 1.54) is 30.3 Å². The van der Waals surface area contributed by atoms with Crippen LogP contribution in [0.5, 0.6) is 5.75 Å². The number of ether oxygens (including phenoxy) is 1. The quantitative estimate of drug-likeness (QED) is 0.711. The lowest BCUT2D eigenvalue weighted by atomic mass is 10.1. The molecule has 1 aromatic carbocycles. The summed E-state index contributed by atoms with van der Waals surface area (Å²) in [6, 6.07) is 11.0. The Labute approximate surface area is 105 Å². The number of para-hydroxylation sites is 1. The Morgan fingerprint density at radius 1 is 1.29 bits per heavy atom. The fourth-order valence-corrected chi connectivity index (χ4v) is 3.01. The summed E-state index contributed by atoms with van der Waals surface area (Å²) < 4.78 is 7.01. The molecule has 0 amide bonds. The number of likely N-dealkylation sites (N-methyl/N-ethyl adjacent to an activating group) is 1. The van der Waals surface area contributed by atoms with Crippen molar-refractivity contribution in [1.82, 2.24) is 0 Å². The Hall–Kier alpha value is -1.02. The molecule has 2 nitrogen and oxygen atoms in total. The van der Waals surface area contributed by atoms with Crippen molar-refractivity contribution in [1.29, 1.82) is 0 Å². The highest BCUT2D eigenvalue weighted by Gasteiger charge is 2.36. The van der Waals surface area contributed by atoms with Crippen LogP contribution < -0.4 is 4.74 Å². The number of hydrogen-bond donors (Lipinski definition) is 0. The smallest absolute Gasteiger partial charge is 0.137 e. The maximum absolute atomic E-state index is 5.81. The van der Waals surface area contributed by atoms with Crippen molar-refractivity contribution >= 4 is 0 Å². The minimum Gasteiger partial charge on any atom is -0.488 e. The Bertz CT molecular complexity index is 338. The first-order valence-electron chi connectivity index (χ1n) is 6.76. The van der Waals surface area contributed by atoms with E-state index in [2.05, 4.69) is 14.0 Å². The van der Waals surface area contributed by atoms with Crippen LogP contribution in [0.15, 0.2) is 30.3 Å². The van der Waals surface area contributed by atoms with Crippen molar-refractivity contribution in [3.8, 4) is 5.75 Å². The Morgan fingerprint density at radius 3 is 2.76 bits per heavy atom. The zero-order chi connectivity index (χ0) is 12.1. The van der Waals surface area contributed by atoms with Gasteiger partial charge in [0.1, 0.15) is 18.9 Å². The third-order valence-corrected chi connectivity index (χ3v) is 4.17. The van der Waals surface area contributed by atoms with Gasteiger partial charge in [-0.2, -0.15) is 0 Å². The summed E-state index contributed by atoms with van der Waals surface area (Å²) in [7, 11) is 2.38. The Balaban J connectivity index is 1.82. The fraction of sp³-hybridized carbons (Fsp3) is 0.600. The first kappa shape index (κ1) is 12.4. The molecule has 0 bridgehead atoms. The van der Waals surface area contributed by atoms with Gasteiger partial charge >= 0.3 is 0 Å². The van der Waals surface area contributed by atoms with Gasteiger partial charge in [0.25, 0.3) is 0 Å². The van der Waals surface area contributed by atoms with Gasteiger partial charge in [-0.05, 0) is 18.6 Å². The third kappa shape index (κ3) is 3.01. The summed E-state index contributed by atoms with van der Waals surface area (Å²) in [5.74, 6) is 0.992. The lowest BCUT2D eigenvalue weighted by Gasteiger charge is -2.35. The predicted molar refractivity (Wildman–Crippen MR) is 71.2 cm³/mol. The van der Waals surface area contributed by atoms with Gasteiger partial charge in [-0.15, -0.1) is 0 Å². The van der Waals surface area contributed by atoms with Crippen molar-refractivity contribution in [3.63, 3.8) is 0 Å². The van der Waals surface area contributed by atoms with E-state index < -0.39 is 0 Å². The van der Waals surface area contributed by atoms with E-state index in [0.717, 1.165) is 24.9 Å². The summed E-state index contributed by atoms with van der Waals surface area (Å²) in [6.07, 6.45) is 4.06. The molecule has 2 heteroatoms. The van der Waals surface area contributed by atoms with Crippen molar-refractivity contribution in [2.75, 3.05) is 26.7 Å². The molecule has 2 rings (SSSR count). The van der Waals surface area contributed by atoms with E-state index in [1.807, 2.05) is 30.3 Å². The van der Waals surface area contributed by atoms with E-state index in [-0.39, 0.29) is 0 Å². The minimum absolute atomic E-state index is 0.830. The van der Waals surface area contributed by atoms with E-state index in [0.29, 0.717) is 0 Å². The fourth-order valence-electron chi connectivity index (χ4n) is 3.01. The average Bonchev–Trinajstić information content (AvgIpc) is 2.72. The van der Waals surface area contributed by atoms with Crippen LogP contribution in [0, 0.1) is 0 Å². The second-order valence-corrected chi connectivity index (χ2v) is 5.29. The van der Waals surface area contributed by atoms with Gasteiger partial charge in [-0.1, -0.05) is 25.1 Å². The maximum atomic E-state index is 5.81. The van der Waals surface area contributed by atoms with Crippen LogP contribution in [0.4, 0.5) is 0 Å². The summed E-state index contributed by atoms with van der Waals surface area (Å²) in [5.41, 5.74) is 0. The zero-order valence-corrected chi connectivity index (χ0v) is 11.1. The van der Waals surface area contributed by atoms with Crippen molar-refractivity contribution in [2.24, 2.45) is 0 Å². The molecule has 0 saturated carbocycles. The molecule has 1 aliphatic rings. The number of likely N-dealkylation sites (tertiary alicyclic amines) is 1. The Kier molecular flexibility index (Phi) is 4.06. The third-order valence-electron chi connectivity index (χ3n) is 4.17. The van der Waals surface area contributed by atoms with E-state index in [1.54, 1.807) is 0 Å². The highest BCUT2D eigenvalue weighted by atomic mass is 16.5. The molecule has 2 atom stereocenters. The van der Waals surface area contributed by atoms with Gasteiger partial charge < -0.3 is 9.22 Å². The first-order valence-corrected chi connectivity index (χ1v) is 6.76. The Morgan fingerprint density at radius 2 is 2.06 bits per heavy atom. The molecule has 1 aliphatic heterocycles. The molecule has 0 aromatic heterocycles. The lowest BCUT2D eigenvalue weighted by molar-refractivity contribution is -0.921. The number of nitrogens with zero attached hydrogens (tertiary/aromatic N) is 1. The van der Waals surface area contributed by atoms with E-state index in [4.69, 9.17) is 4.74 Å². The van der Waals surface area contributed by atoms with Crippen LogP contribution in [0.1, 0.15) is 26.2 Å². The van der Waals surface area contributed by atoms with E-state index in [9.17, 15) is 0 Å². The second-order valence-electron chi connectivity index (χ2n) is 5.29. The summed E-state index contributed by atoms with van der Waals surface area (Å²) in [6.45, 7) is 5.59. The molecule has 1 saturated heterocycles. The standard InChI is InChI=1S/C15H24NO/c1-3-14-8-7-11-16(14,2)12-13-17-15-9-5-4-6-10-15/h4-6,9-10,14H,3,7-8,11-13H2,1-2H3/q+1/t14-,16?/m0/s1. The summed E-state index contributed by atoms with van der Waals surface area (Å²) in [5, 5.41) is 0. The highest BCUT2D eigenvalue weighted by Crippen LogP contribution is 2.26. The van der Waals surface area contributed by atoms with Crippen LogP contribution >= 0.6 is 0 Å². The highest BCUT2D eigenvalue weighted by molar-refractivity contribution is 5.20. The maximum Gasteiger partial charge on any atom is 0.137 e. The number of benzene rings is 1. The molecule has 17 heavy (non-hydrogen) atoms. The average molecular weight is 234 g/mol. The van der Waals surface area contributed by atoms with Gasteiger partial charge in [-0.25, -0.2) is 0 Å².